The van der Waals surface area contributed by atoms with Gasteiger partial charge in [-0.3, -0.25) is 15.1 Å². The van der Waals surface area contributed by atoms with Crippen molar-refractivity contribution in [2.24, 2.45) is 0 Å². The number of carbonyl (C=O) groups excluding carboxylic acids is 1. The van der Waals surface area contributed by atoms with Gasteiger partial charge in [-0.1, -0.05) is 11.3 Å². The number of rotatable bonds is 3. The molecule has 20 heavy (non-hydrogen) atoms. The lowest BCUT2D eigenvalue weighted by molar-refractivity contribution is 0.102. The second-order valence-corrected chi connectivity index (χ2v) is 5.63. The van der Waals surface area contributed by atoms with Crippen LogP contribution < -0.4 is 5.32 Å². The van der Waals surface area contributed by atoms with E-state index in [9.17, 15) is 4.79 Å². The molecule has 0 radical (unpaired) electrons. The molecule has 0 aromatic carbocycles. The van der Waals surface area contributed by atoms with Crippen LogP contribution in [0.4, 0.5) is 5.13 Å². The fraction of sp³-hybridized carbons (Fsp3) is 0. The topological polar surface area (TPSA) is 80.9 Å². The lowest BCUT2D eigenvalue weighted by atomic mass is 10.3. The highest BCUT2D eigenvalue weighted by molar-refractivity contribution is 9.10. The Kier molecular flexibility index (Phi) is 3.57. The molecular formula is C12H7BrN4O2S. The molecule has 1 amide bonds. The molecular weight excluding hydrogens is 344 g/mol. The molecule has 0 saturated heterocycles. The van der Waals surface area contributed by atoms with Gasteiger partial charge < -0.3 is 4.42 Å². The number of carbonyl (C=O) groups is 1. The normalized spacial score (nSPS) is 10.4. The highest BCUT2D eigenvalue weighted by Crippen LogP contribution is 2.26. The molecule has 3 aromatic rings. The van der Waals surface area contributed by atoms with Crippen molar-refractivity contribution in [2.75, 3.05) is 5.32 Å². The lowest BCUT2D eigenvalue weighted by Gasteiger charge is -2.00. The van der Waals surface area contributed by atoms with Crippen LogP contribution in [0.15, 0.2) is 45.7 Å². The van der Waals surface area contributed by atoms with Gasteiger partial charge in [0.15, 0.2) is 10.8 Å². The maximum absolute atomic E-state index is 12.0. The summed E-state index contributed by atoms with van der Waals surface area (Å²) in [5.41, 5.74) is 0.439. The smallest absolute Gasteiger partial charge is 0.259 e. The number of amides is 1. The van der Waals surface area contributed by atoms with Gasteiger partial charge in [-0.05, 0) is 34.1 Å². The van der Waals surface area contributed by atoms with Gasteiger partial charge in [0, 0.05) is 16.9 Å². The van der Waals surface area contributed by atoms with Gasteiger partial charge in [0.1, 0.15) is 0 Å². The maximum Gasteiger partial charge on any atom is 0.259 e. The minimum atomic E-state index is -0.291. The summed E-state index contributed by atoms with van der Waals surface area (Å²) in [7, 11) is 0. The quantitative estimate of drug-likeness (QED) is 0.784. The Bertz CT molecular complexity index is 742. The van der Waals surface area contributed by atoms with E-state index >= 15 is 0 Å². The summed E-state index contributed by atoms with van der Waals surface area (Å²) in [5, 5.41) is 11.5. The average Bonchev–Trinajstić information content (AvgIpc) is 3.08. The first-order valence-corrected chi connectivity index (χ1v) is 7.12. The third-order valence-electron chi connectivity index (χ3n) is 2.34. The molecule has 0 aliphatic rings. The van der Waals surface area contributed by atoms with Crippen molar-refractivity contribution >= 4 is 38.3 Å². The minimum Gasteiger partial charge on any atom is -0.462 e. The summed E-state index contributed by atoms with van der Waals surface area (Å²) in [5.74, 6) is 0.327. The molecule has 0 aliphatic carbocycles. The van der Waals surface area contributed by atoms with Crippen LogP contribution in [0.3, 0.4) is 0 Å². The molecule has 0 bridgehead atoms. The number of nitrogens with zero attached hydrogens (tertiary/aromatic N) is 3. The molecule has 3 heterocycles. The van der Waals surface area contributed by atoms with Crippen molar-refractivity contribution in [2.45, 2.75) is 0 Å². The van der Waals surface area contributed by atoms with Crippen LogP contribution in [0.2, 0.25) is 0 Å². The molecule has 0 spiro atoms. The summed E-state index contributed by atoms with van der Waals surface area (Å²) >= 11 is 4.50. The summed E-state index contributed by atoms with van der Waals surface area (Å²) in [6.07, 6.45) is 4.65. The minimum absolute atomic E-state index is 0.291. The Morgan fingerprint density at radius 2 is 2.25 bits per heavy atom. The Balaban J connectivity index is 1.77. The number of nitrogens with one attached hydrogen (secondary N) is 1. The van der Waals surface area contributed by atoms with Gasteiger partial charge >= 0.3 is 0 Å². The molecule has 0 unspecified atom stereocenters. The summed E-state index contributed by atoms with van der Waals surface area (Å²) in [6.45, 7) is 0. The highest BCUT2D eigenvalue weighted by atomic mass is 79.9. The fourth-order valence-electron chi connectivity index (χ4n) is 1.48. The molecule has 0 atom stereocenters. The third-order valence-corrected chi connectivity index (χ3v) is 3.63. The molecule has 100 valence electrons. The van der Waals surface area contributed by atoms with Gasteiger partial charge in [0.05, 0.1) is 11.8 Å². The standard InChI is InChI=1S/C12H7BrN4O2S/c13-8-4-7(5-14-6-8)10(18)15-12-17-16-11(20-12)9-2-1-3-19-9/h1-6H,(H,15,17,18). The zero-order valence-electron chi connectivity index (χ0n) is 9.91. The predicted octanol–water partition coefficient (Wildman–Crippen LogP) is 3.21. The molecule has 8 heteroatoms. The lowest BCUT2D eigenvalue weighted by Crippen LogP contribution is -2.11. The van der Waals surface area contributed by atoms with Crippen LogP contribution in [0.1, 0.15) is 10.4 Å². The Hall–Kier alpha value is -2.06. The largest absolute Gasteiger partial charge is 0.462 e. The molecule has 0 fully saturated rings. The number of anilines is 1. The molecule has 1 N–H and O–H groups in total. The van der Waals surface area contributed by atoms with Crippen molar-refractivity contribution in [1.82, 2.24) is 15.2 Å². The molecule has 3 rings (SSSR count). The van der Waals surface area contributed by atoms with E-state index in [1.54, 1.807) is 30.7 Å². The maximum atomic E-state index is 12.0. The van der Waals surface area contributed by atoms with Crippen molar-refractivity contribution in [3.63, 3.8) is 0 Å². The molecule has 3 aromatic heterocycles. The summed E-state index contributed by atoms with van der Waals surface area (Å²) in [6, 6.07) is 5.23. The number of hydrogen-bond acceptors (Lipinski definition) is 6. The van der Waals surface area contributed by atoms with Crippen LogP contribution in [0.5, 0.6) is 0 Å². The molecule has 0 saturated carbocycles. The van der Waals surface area contributed by atoms with Crippen LogP contribution in [0.25, 0.3) is 10.8 Å². The zero-order chi connectivity index (χ0) is 13.9. The van der Waals surface area contributed by atoms with E-state index in [1.165, 1.54) is 17.5 Å². The van der Waals surface area contributed by atoms with Crippen LogP contribution >= 0.6 is 27.3 Å². The second-order valence-electron chi connectivity index (χ2n) is 3.74. The fourth-order valence-corrected chi connectivity index (χ4v) is 2.55. The van der Waals surface area contributed by atoms with E-state index in [1.807, 2.05) is 0 Å². The SMILES string of the molecule is O=C(Nc1nnc(-c2ccco2)s1)c1cncc(Br)c1. The van der Waals surface area contributed by atoms with Gasteiger partial charge in [0.2, 0.25) is 5.13 Å². The van der Waals surface area contributed by atoms with Crippen molar-refractivity contribution in [1.29, 1.82) is 0 Å². The van der Waals surface area contributed by atoms with E-state index in [2.05, 4.69) is 36.4 Å². The Labute approximate surface area is 126 Å². The first-order valence-electron chi connectivity index (χ1n) is 5.51. The van der Waals surface area contributed by atoms with Gasteiger partial charge in [-0.2, -0.15) is 0 Å². The van der Waals surface area contributed by atoms with Crippen molar-refractivity contribution in [3.8, 4) is 10.8 Å². The van der Waals surface area contributed by atoms with E-state index in [4.69, 9.17) is 4.42 Å². The van der Waals surface area contributed by atoms with Gasteiger partial charge in [-0.15, -0.1) is 10.2 Å². The predicted molar refractivity (Wildman–Crippen MR) is 77.5 cm³/mol. The van der Waals surface area contributed by atoms with Crippen molar-refractivity contribution in [3.05, 3.63) is 46.9 Å². The van der Waals surface area contributed by atoms with Gasteiger partial charge in [0.25, 0.3) is 5.91 Å². The van der Waals surface area contributed by atoms with E-state index in [-0.39, 0.29) is 5.91 Å². The van der Waals surface area contributed by atoms with Gasteiger partial charge in [-0.25, -0.2) is 0 Å². The number of pyridine rings is 1. The number of furan rings is 1. The number of hydrogen-bond donors (Lipinski definition) is 1. The monoisotopic (exact) mass is 350 g/mol. The summed E-state index contributed by atoms with van der Waals surface area (Å²) < 4.78 is 5.95. The van der Waals surface area contributed by atoms with E-state index in [0.29, 0.717) is 21.5 Å². The molecule has 0 aliphatic heterocycles. The Morgan fingerprint density at radius 3 is 3.00 bits per heavy atom. The Morgan fingerprint density at radius 1 is 1.35 bits per heavy atom. The highest BCUT2D eigenvalue weighted by Gasteiger charge is 2.13. The average molecular weight is 351 g/mol. The third kappa shape index (κ3) is 2.75. The first kappa shape index (κ1) is 12.9. The van der Waals surface area contributed by atoms with Crippen LogP contribution in [0, 0.1) is 0 Å². The van der Waals surface area contributed by atoms with E-state index in [0.717, 1.165) is 4.47 Å². The zero-order valence-corrected chi connectivity index (χ0v) is 12.3. The second kappa shape index (κ2) is 5.51. The van der Waals surface area contributed by atoms with Crippen LogP contribution in [-0.4, -0.2) is 21.1 Å². The van der Waals surface area contributed by atoms with Crippen LogP contribution in [-0.2, 0) is 0 Å². The van der Waals surface area contributed by atoms with Crippen molar-refractivity contribution < 1.29 is 9.21 Å². The number of aromatic nitrogens is 3. The summed E-state index contributed by atoms with van der Waals surface area (Å²) in [4.78, 5) is 15.9. The first-order chi connectivity index (χ1) is 9.72. The van der Waals surface area contributed by atoms with E-state index < -0.39 is 0 Å². The number of halogens is 1. The molecule has 6 nitrogen and oxygen atoms in total.